The first kappa shape index (κ1) is 21.8. The van der Waals surface area contributed by atoms with Crippen molar-refractivity contribution >= 4 is 33.7 Å². The van der Waals surface area contributed by atoms with E-state index < -0.39 is 5.91 Å². The van der Waals surface area contributed by atoms with Gasteiger partial charge in [0.1, 0.15) is 0 Å². The van der Waals surface area contributed by atoms with Crippen molar-refractivity contribution in [1.82, 2.24) is 24.4 Å². The van der Waals surface area contributed by atoms with Gasteiger partial charge in [-0.05, 0) is 37.9 Å². The molecule has 0 spiro atoms. The highest BCUT2D eigenvalue weighted by atomic mass is 16.5. The zero-order valence-corrected chi connectivity index (χ0v) is 18.9. The lowest BCUT2D eigenvalue weighted by molar-refractivity contribution is 0.100. The fraction of sp³-hybridized carbons (Fsp3) is 0.348. The van der Waals surface area contributed by atoms with Gasteiger partial charge in [-0.15, -0.1) is 0 Å². The number of hydrogen-bond acceptors (Lipinski definition) is 6. The summed E-state index contributed by atoms with van der Waals surface area (Å²) in [7, 11) is 7.70. The Balaban J connectivity index is 1.84. The third-order valence-electron chi connectivity index (χ3n) is 5.69. The standard InChI is InChI=1S/C23H29N7O2/c1-28(2)7-8-29(3)19-12-16(21-22(26-13-25-21)20(19)23(24)31)15-5-6-18-17(11-15)27-14-30(18)9-10-32-4/h5-6,11-14H,7-10H2,1-4H3,(H2,24,31)(H,25,26). The molecule has 0 radical (unpaired) electrons. The maximum Gasteiger partial charge on any atom is 0.253 e. The normalized spacial score (nSPS) is 11.7. The van der Waals surface area contributed by atoms with Crippen molar-refractivity contribution in [3.05, 3.63) is 42.5 Å². The molecule has 0 aliphatic heterocycles. The first-order valence-corrected chi connectivity index (χ1v) is 10.5. The van der Waals surface area contributed by atoms with Crippen molar-refractivity contribution in [3.63, 3.8) is 0 Å². The molecule has 32 heavy (non-hydrogen) atoms. The van der Waals surface area contributed by atoms with Gasteiger partial charge >= 0.3 is 0 Å². The number of primary amides is 1. The van der Waals surface area contributed by atoms with Crippen LogP contribution in [-0.4, -0.2) is 78.3 Å². The third kappa shape index (κ3) is 4.04. The molecule has 0 bridgehead atoms. The van der Waals surface area contributed by atoms with E-state index in [0.717, 1.165) is 47.5 Å². The van der Waals surface area contributed by atoms with Gasteiger partial charge in [0.2, 0.25) is 0 Å². The number of carbonyl (C=O) groups excluding carboxylic acids is 1. The third-order valence-corrected chi connectivity index (χ3v) is 5.69. The number of likely N-dealkylation sites (N-methyl/N-ethyl adjacent to an activating group) is 2. The number of anilines is 1. The van der Waals surface area contributed by atoms with Gasteiger partial charge in [-0.25, -0.2) is 9.97 Å². The van der Waals surface area contributed by atoms with Crippen LogP contribution in [-0.2, 0) is 11.3 Å². The van der Waals surface area contributed by atoms with Crippen molar-refractivity contribution < 1.29 is 9.53 Å². The topological polar surface area (TPSA) is 105 Å². The van der Waals surface area contributed by atoms with Crippen LogP contribution in [0.15, 0.2) is 36.9 Å². The number of carbonyl (C=O) groups is 1. The number of nitrogens with zero attached hydrogens (tertiary/aromatic N) is 5. The summed E-state index contributed by atoms with van der Waals surface area (Å²) < 4.78 is 7.26. The van der Waals surface area contributed by atoms with Gasteiger partial charge < -0.3 is 29.8 Å². The molecule has 0 fully saturated rings. The van der Waals surface area contributed by atoms with Crippen LogP contribution in [0.3, 0.4) is 0 Å². The molecular formula is C23H29N7O2. The molecule has 2 aromatic carbocycles. The van der Waals surface area contributed by atoms with Crippen molar-refractivity contribution in [2.75, 3.05) is 52.8 Å². The Hall–Kier alpha value is -3.43. The maximum atomic E-state index is 12.4. The molecule has 9 heteroatoms. The Morgan fingerprint density at radius 1 is 1.19 bits per heavy atom. The van der Waals surface area contributed by atoms with E-state index in [4.69, 9.17) is 10.5 Å². The van der Waals surface area contributed by atoms with Crippen molar-refractivity contribution in [2.24, 2.45) is 5.73 Å². The summed E-state index contributed by atoms with van der Waals surface area (Å²) in [5.74, 6) is -0.482. The number of imidazole rings is 2. The predicted molar refractivity (Wildman–Crippen MR) is 127 cm³/mol. The predicted octanol–water partition coefficient (Wildman–Crippen LogP) is 2.32. The van der Waals surface area contributed by atoms with Crippen LogP contribution in [0.25, 0.3) is 33.2 Å². The van der Waals surface area contributed by atoms with Gasteiger partial charge in [-0.3, -0.25) is 4.79 Å². The molecule has 0 aliphatic carbocycles. The van der Waals surface area contributed by atoms with Crippen molar-refractivity contribution in [2.45, 2.75) is 6.54 Å². The Morgan fingerprint density at radius 3 is 2.72 bits per heavy atom. The van der Waals surface area contributed by atoms with Crippen LogP contribution in [0, 0.1) is 0 Å². The van der Waals surface area contributed by atoms with Gasteiger partial charge in [0.25, 0.3) is 5.91 Å². The number of aromatic amines is 1. The second kappa shape index (κ2) is 8.97. The number of ether oxygens (including phenoxy) is 1. The van der Waals surface area contributed by atoms with Gasteiger partial charge in [0.15, 0.2) is 0 Å². The van der Waals surface area contributed by atoms with Crippen LogP contribution < -0.4 is 10.6 Å². The number of benzene rings is 2. The summed E-state index contributed by atoms with van der Waals surface area (Å²) in [6.07, 6.45) is 3.43. The highest BCUT2D eigenvalue weighted by molar-refractivity contribution is 6.13. The van der Waals surface area contributed by atoms with E-state index in [2.05, 4.69) is 47.5 Å². The van der Waals surface area contributed by atoms with Crippen LogP contribution in [0.1, 0.15) is 10.4 Å². The number of nitrogens with one attached hydrogen (secondary N) is 1. The first-order chi connectivity index (χ1) is 15.4. The molecule has 2 heterocycles. The summed E-state index contributed by atoms with van der Waals surface area (Å²) in [6, 6.07) is 8.17. The number of aromatic nitrogens is 4. The Morgan fingerprint density at radius 2 is 2.00 bits per heavy atom. The summed E-state index contributed by atoms with van der Waals surface area (Å²) in [4.78, 5) is 28.8. The molecule has 0 aliphatic rings. The molecule has 168 valence electrons. The van der Waals surface area contributed by atoms with Gasteiger partial charge in [0, 0.05) is 39.4 Å². The van der Waals surface area contributed by atoms with E-state index >= 15 is 0 Å². The summed E-state index contributed by atoms with van der Waals surface area (Å²) >= 11 is 0. The average Bonchev–Trinajstić information content (AvgIpc) is 3.41. The highest BCUT2D eigenvalue weighted by Crippen LogP contribution is 2.36. The molecule has 0 atom stereocenters. The SMILES string of the molecule is COCCn1cnc2cc(-c3cc(N(C)CCN(C)C)c(C(N)=O)c4[nH]cnc34)ccc21. The number of amides is 1. The lowest BCUT2D eigenvalue weighted by Crippen LogP contribution is -2.30. The quantitative estimate of drug-likeness (QED) is 0.418. The summed E-state index contributed by atoms with van der Waals surface area (Å²) in [5.41, 5.74) is 12.2. The van der Waals surface area contributed by atoms with E-state index in [9.17, 15) is 4.79 Å². The number of rotatable bonds is 9. The van der Waals surface area contributed by atoms with Crippen molar-refractivity contribution in [1.29, 1.82) is 0 Å². The maximum absolute atomic E-state index is 12.4. The minimum atomic E-state index is -0.482. The molecule has 9 nitrogen and oxygen atoms in total. The summed E-state index contributed by atoms with van der Waals surface area (Å²) in [5, 5.41) is 0. The molecule has 4 aromatic rings. The first-order valence-electron chi connectivity index (χ1n) is 10.5. The molecule has 0 saturated carbocycles. The number of H-pyrrole nitrogens is 1. The van der Waals surface area contributed by atoms with Crippen molar-refractivity contribution in [3.8, 4) is 11.1 Å². The Labute approximate surface area is 186 Å². The minimum absolute atomic E-state index is 0.451. The smallest absolute Gasteiger partial charge is 0.253 e. The van der Waals surface area contributed by atoms with Crippen LogP contribution in [0.5, 0.6) is 0 Å². The zero-order valence-electron chi connectivity index (χ0n) is 18.9. The summed E-state index contributed by atoms with van der Waals surface area (Å²) in [6.45, 7) is 2.95. The second-order valence-electron chi connectivity index (χ2n) is 8.17. The fourth-order valence-electron chi connectivity index (χ4n) is 3.93. The number of methoxy groups -OCH3 is 1. The Kier molecular flexibility index (Phi) is 6.11. The number of fused-ring (bicyclic) bond motifs is 2. The van der Waals surface area contributed by atoms with Gasteiger partial charge in [-0.2, -0.15) is 0 Å². The number of hydrogen-bond donors (Lipinski definition) is 2. The van der Waals surface area contributed by atoms with E-state index in [1.807, 2.05) is 33.5 Å². The lowest BCUT2D eigenvalue weighted by Gasteiger charge is -2.24. The molecular weight excluding hydrogens is 406 g/mol. The largest absolute Gasteiger partial charge is 0.383 e. The molecule has 3 N–H and O–H groups in total. The molecule has 4 rings (SSSR count). The van der Waals surface area contributed by atoms with E-state index in [0.29, 0.717) is 23.2 Å². The van der Waals surface area contributed by atoms with E-state index in [1.54, 1.807) is 13.4 Å². The number of nitrogens with two attached hydrogens (primary N) is 1. The average molecular weight is 436 g/mol. The van der Waals surface area contributed by atoms with Crippen LogP contribution >= 0.6 is 0 Å². The Bertz CT molecular complexity index is 1260. The van der Waals surface area contributed by atoms with E-state index in [-0.39, 0.29) is 0 Å². The van der Waals surface area contributed by atoms with Crippen LogP contribution in [0.4, 0.5) is 5.69 Å². The van der Waals surface area contributed by atoms with E-state index in [1.165, 1.54) is 0 Å². The molecule has 1 amide bonds. The molecule has 0 unspecified atom stereocenters. The second-order valence-corrected chi connectivity index (χ2v) is 8.17. The molecule has 0 saturated heterocycles. The monoisotopic (exact) mass is 435 g/mol. The highest BCUT2D eigenvalue weighted by Gasteiger charge is 2.22. The van der Waals surface area contributed by atoms with Gasteiger partial charge in [-0.1, -0.05) is 6.07 Å². The zero-order chi connectivity index (χ0) is 22.8. The van der Waals surface area contributed by atoms with Crippen LogP contribution in [0.2, 0.25) is 0 Å². The van der Waals surface area contributed by atoms with Gasteiger partial charge in [0.05, 0.1) is 52.6 Å². The molecule has 2 aromatic heterocycles. The fourth-order valence-corrected chi connectivity index (χ4v) is 3.93. The lowest BCUT2D eigenvalue weighted by atomic mass is 9.98. The minimum Gasteiger partial charge on any atom is -0.383 e.